The number of halogens is 3. The van der Waals surface area contributed by atoms with Gasteiger partial charge in [0.1, 0.15) is 0 Å². The maximum atomic E-state index is 12.5. The third kappa shape index (κ3) is 5.84. The van der Waals surface area contributed by atoms with E-state index in [1.165, 1.54) is 6.92 Å². The lowest BCUT2D eigenvalue weighted by Gasteiger charge is -2.14. The third-order valence-electron chi connectivity index (χ3n) is 4.08. The van der Waals surface area contributed by atoms with Crippen LogP contribution >= 0.6 is 0 Å². The standard InChI is InChI=1S/C20H20F3NO3/c1-12-4-5-15(10-13(12)2)11-18(25)27-14(3)19(26)24-17-8-6-16(7-9-17)20(21,22)23/h4-10,14H,11H2,1-3H3,(H,24,26)/t14-/m1/s1. The number of carbonyl (C=O) groups is 2. The fourth-order valence-corrected chi connectivity index (χ4v) is 2.36. The van der Waals surface area contributed by atoms with Gasteiger partial charge < -0.3 is 10.1 Å². The first-order valence-electron chi connectivity index (χ1n) is 8.30. The fourth-order valence-electron chi connectivity index (χ4n) is 2.36. The van der Waals surface area contributed by atoms with Gasteiger partial charge in [-0.2, -0.15) is 13.2 Å². The zero-order valence-corrected chi connectivity index (χ0v) is 15.2. The number of nitrogens with one attached hydrogen (secondary N) is 1. The summed E-state index contributed by atoms with van der Waals surface area (Å²) in [7, 11) is 0. The molecule has 4 nitrogen and oxygen atoms in total. The van der Waals surface area contributed by atoms with E-state index in [-0.39, 0.29) is 12.1 Å². The van der Waals surface area contributed by atoms with Gasteiger partial charge in [0.2, 0.25) is 0 Å². The summed E-state index contributed by atoms with van der Waals surface area (Å²) in [6.45, 7) is 5.30. The summed E-state index contributed by atoms with van der Waals surface area (Å²) < 4.78 is 42.7. The minimum absolute atomic E-state index is 0.0268. The molecule has 1 N–H and O–H groups in total. The van der Waals surface area contributed by atoms with E-state index in [0.717, 1.165) is 41.0 Å². The quantitative estimate of drug-likeness (QED) is 0.782. The number of alkyl halides is 3. The first kappa shape index (κ1) is 20.5. The minimum atomic E-state index is -4.44. The molecule has 0 unspecified atom stereocenters. The van der Waals surface area contributed by atoms with Crippen molar-refractivity contribution in [2.75, 3.05) is 5.32 Å². The second-order valence-electron chi connectivity index (χ2n) is 6.29. The molecule has 0 radical (unpaired) electrons. The molecule has 1 amide bonds. The number of aryl methyl sites for hydroxylation is 2. The van der Waals surface area contributed by atoms with E-state index in [1.807, 2.05) is 32.0 Å². The number of anilines is 1. The van der Waals surface area contributed by atoms with Crippen molar-refractivity contribution in [2.45, 2.75) is 39.5 Å². The Hall–Kier alpha value is -2.83. The van der Waals surface area contributed by atoms with Crippen LogP contribution in [0.15, 0.2) is 42.5 Å². The van der Waals surface area contributed by atoms with Crippen molar-refractivity contribution in [1.82, 2.24) is 0 Å². The number of rotatable bonds is 5. The zero-order valence-electron chi connectivity index (χ0n) is 15.2. The number of hydrogen-bond donors (Lipinski definition) is 1. The molecular weight excluding hydrogens is 359 g/mol. The van der Waals surface area contributed by atoms with E-state index >= 15 is 0 Å². The van der Waals surface area contributed by atoms with E-state index in [2.05, 4.69) is 5.32 Å². The number of hydrogen-bond acceptors (Lipinski definition) is 3. The van der Waals surface area contributed by atoms with Crippen molar-refractivity contribution < 1.29 is 27.5 Å². The van der Waals surface area contributed by atoms with Crippen molar-refractivity contribution in [3.8, 4) is 0 Å². The summed E-state index contributed by atoms with van der Waals surface area (Å²) in [6, 6.07) is 9.62. The van der Waals surface area contributed by atoms with Crippen LogP contribution < -0.4 is 5.32 Å². The number of benzene rings is 2. The lowest BCUT2D eigenvalue weighted by Crippen LogP contribution is -2.30. The van der Waals surface area contributed by atoms with Crippen LogP contribution in [0, 0.1) is 13.8 Å². The van der Waals surface area contributed by atoms with Crippen molar-refractivity contribution in [2.24, 2.45) is 0 Å². The first-order chi connectivity index (χ1) is 12.6. The topological polar surface area (TPSA) is 55.4 Å². The predicted octanol–water partition coefficient (Wildman–Crippen LogP) is 4.44. The molecule has 0 saturated heterocycles. The molecule has 2 aromatic carbocycles. The summed E-state index contributed by atoms with van der Waals surface area (Å²) in [5.74, 6) is -1.18. The van der Waals surface area contributed by atoms with Crippen LogP contribution in [0.4, 0.5) is 18.9 Å². The lowest BCUT2D eigenvalue weighted by molar-refractivity contribution is -0.152. The number of esters is 1. The smallest absolute Gasteiger partial charge is 0.416 e. The summed E-state index contributed by atoms with van der Waals surface area (Å²) in [5.41, 5.74) is 2.31. The Kier molecular flexibility index (Phi) is 6.25. The van der Waals surface area contributed by atoms with Gasteiger partial charge in [0.25, 0.3) is 5.91 Å². The van der Waals surface area contributed by atoms with Crippen LogP contribution in [-0.2, 0) is 26.9 Å². The molecule has 0 aliphatic rings. The molecule has 27 heavy (non-hydrogen) atoms. The number of ether oxygens (including phenoxy) is 1. The highest BCUT2D eigenvalue weighted by atomic mass is 19.4. The fraction of sp³-hybridized carbons (Fsp3) is 0.300. The van der Waals surface area contributed by atoms with Gasteiger partial charge in [-0.15, -0.1) is 0 Å². The highest BCUT2D eigenvalue weighted by Crippen LogP contribution is 2.29. The summed E-state index contributed by atoms with van der Waals surface area (Å²) in [5, 5.41) is 2.42. The van der Waals surface area contributed by atoms with Crippen molar-refractivity contribution in [1.29, 1.82) is 0 Å². The predicted molar refractivity (Wildman–Crippen MR) is 95.2 cm³/mol. The molecule has 0 aliphatic carbocycles. The summed E-state index contributed by atoms with van der Waals surface area (Å²) in [4.78, 5) is 24.1. The Morgan fingerprint density at radius 1 is 1.04 bits per heavy atom. The number of amides is 1. The molecule has 0 aliphatic heterocycles. The minimum Gasteiger partial charge on any atom is -0.452 e. The zero-order chi connectivity index (χ0) is 20.2. The summed E-state index contributed by atoms with van der Waals surface area (Å²) >= 11 is 0. The molecule has 0 spiro atoms. The van der Waals surface area contributed by atoms with Gasteiger partial charge >= 0.3 is 12.1 Å². The van der Waals surface area contributed by atoms with E-state index in [1.54, 1.807) is 0 Å². The van der Waals surface area contributed by atoms with Gasteiger partial charge in [0.15, 0.2) is 6.10 Å². The van der Waals surface area contributed by atoms with Crippen molar-refractivity contribution >= 4 is 17.6 Å². The van der Waals surface area contributed by atoms with Crippen molar-refractivity contribution in [3.63, 3.8) is 0 Å². The van der Waals surface area contributed by atoms with Crippen LogP contribution in [0.5, 0.6) is 0 Å². The molecule has 2 rings (SSSR count). The Morgan fingerprint density at radius 2 is 1.67 bits per heavy atom. The van der Waals surface area contributed by atoms with Gasteiger partial charge in [0, 0.05) is 5.69 Å². The van der Waals surface area contributed by atoms with E-state index < -0.39 is 29.7 Å². The van der Waals surface area contributed by atoms with Crippen LogP contribution in [0.1, 0.15) is 29.2 Å². The molecule has 0 bridgehead atoms. The maximum Gasteiger partial charge on any atom is 0.416 e. The molecule has 0 heterocycles. The van der Waals surface area contributed by atoms with Gasteiger partial charge in [-0.05, 0) is 61.7 Å². The van der Waals surface area contributed by atoms with Crippen LogP contribution in [0.2, 0.25) is 0 Å². The Bertz CT molecular complexity index is 829. The monoisotopic (exact) mass is 379 g/mol. The van der Waals surface area contributed by atoms with Crippen LogP contribution in [0.25, 0.3) is 0 Å². The van der Waals surface area contributed by atoms with Crippen LogP contribution in [0.3, 0.4) is 0 Å². The molecule has 144 valence electrons. The SMILES string of the molecule is Cc1ccc(CC(=O)O[C@H](C)C(=O)Nc2ccc(C(F)(F)F)cc2)cc1C. The van der Waals surface area contributed by atoms with Gasteiger partial charge in [-0.25, -0.2) is 0 Å². The first-order valence-corrected chi connectivity index (χ1v) is 8.30. The Labute approximate surface area is 155 Å². The van der Waals surface area contributed by atoms with Gasteiger partial charge in [-0.1, -0.05) is 18.2 Å². The van der Waals surface area contributed by atoms with E-state index in [0.29, 0.717) is 0 Å². The Morgan fingerprint density at radius 3 is 2.22 bits per heavy atom. The van der Waals surface area contributed by atoms with Crippen molar-refractivity contribution in [3.05, 3.63) is 64.7 Å². The second-order valence-corrected chi connectivity index (χ2v) is 6.29. The van der Waals surface area contributed by atoms with Crippen LogP contribution in [-0.4, -0.2) is 18.0 Å². The largest absolute Gasteiger partial charge is 0.452 e. The molecule has 0 fully saturated rings. The Balaban J connectivity index is 1.90. The normalized spacial score (nSPS) is 12.4. The second kappa shape index (κ2) is 8.24. The van der Waals surface area contributed by atoms with Gasteiger partial charge in [-0.3, -0.25) is 9.59 Å². The average molecular weight is 379 g/mol. The molecule has 2 aromatic rings. The maximum absolute atomic E-state index is 12.5. The molecule has 0 saturated carbocycles. The highest BCUT2D eigenvalue weighted by Gasteiger charge is 2.30. The molecule has 0 aromatic heterocycles. The number of carbonyl (C=O) groups excluding carboxylic acids is 2. The molecule has 7 heteroatoms. The summed E-state index contributed by atoms with van der Waals surface area (Å²) in [6.07, 6.45) is -5.50. The highest BCUT2D eigenvalue weighted by molar-refractivity contribution is 5.95. The van der Waals surface area contributed by atoms with E-state index in [9.17, 15) is 22.8 Å². The van der Waals surface area contributed by atoms with E-state index in [4.69, 9.17) is 4.74 Å². The molecular formula is C20H20F3NO3. The van der Waals surface area contributed by atoms with Gasteiger partial charge in [0.05, 0.1) is 12.0 Å². The lowest BCUT2D eigenvalue weighted by atomic mass is 10.0. The molecule has 1 atom stereocenters. The third-order valence-corrected chi connectivity index (χ3v) is 4.08. The average Bonchev–Trinajstić information content (AvgIpc) is 2.57.